The van der Waals surface area contributed by atoms with E-state index in [1.54, 1.807) is 36.5 Å². The molecule has 3 amide bonds. The first-order valence-corrected chi connectivity index (χ1v) is 9.54. The van der Waals surface area contributed by atoms with Crippen molar-refractivity contribution < 1.29 is 9.59 Å². The first-order valence-electron chi connectivity index (χ1n) is 9.54. The van der Waals surface area contributed by atoms with Crippen LogP contribution in [0.2, 0.25) is 0 Å². The average molecular weight is 415 g/mol. The van der Waals surface area contributed by atoms with E-state index in [0.29, 0.717) is 22.5 Å². The van der Waals surface area contributed by atoms with Gasteiger partial charge in [0.2, 0.25) is 0 Å². The van der Waals surface area contributed by atoms with Crippen molar-refractivity contribution in [3.63, 3.8) is 0 Å². The molecule has 9 nitrogen and oxygen atoms in total. The lowest BCUT2D eigenvalue weighted by Crippen LogP contribution is -2.19. The molecule has 0 atom stereocenters. The molecule has 0 aliphatic rings. The van der Waals surface area contributed by atoms with Gasteiger partial charge in [0.05, 0.1) is 5.56 Å². The summed E-state index contributed by atoms with van der Waals surface area (Å²) in [7, 11) is 0. The van der Waals surface area contributed by atoms with Gasteiger partial charge in [-0.15, -0.1) is 0 Å². The van der Waals surface area contributed by atoms with Crippen LogP contribution in [0.3, 0.4) is 0 Å². The molecule has 0 radical (unpaired) electrons. The number of rotatable bonds is 4. The first-order chi connectivity index (χ1) is 14.9. The van der Waals surface area contributed by atoms with E-state index in [1.165, 1.54) is 10.8 Å². The second-order valence-electron chi connectivity index (χ2n) is 7.15. The summed E-state index contributed by atoms with van der Waals surface area (Å²) in [5.41, 5.74) is 10.7. The predicted octanol–water partition coefficient (Wildman–Crippen LogP) is 3.82. The summed E-state index contributed by atoms with van der Waals surface area (Å²) >= 11 is 0. The van der Waals surface area contributed by atoms with Gasteiger partial charge < -0.3 is 21.7 Å². The number of benzene rings is 2. The summed E-state index contributed by atoms with van der Waals surface area (Å²) < 4.78 is 1.50. The Bertz CT molecular complexity index is 1260. The van der Waals surface area contributed by atoms with Crippen LogP contribution in [0.5, 0.6) is 0 Å². The topological polar surface area (TPSA) is 126 Å². The quantitative estimate of drug-likeness (QED) is 0.403. The van der Waals surface area contributed by atoms with Gasteiger partial charge in [0, 0.05) is 23.3 Å². The number of nitrogens with two attached hydrogens (primary N) is 1. The number of fused-ring (bicyclic) bond motifs is 1. The third-order valence-electron chi connectivity index (χ3n) is 4.61. The van der Waals surface area contributed by atoms with E-state index >= 15 is 0 Å². The Balaban J connectivity index is 1.41. The fraction of sp³-hybridized carbons (Fsp3) is 0.0909. The summed E-state index contributed by atoms with van der Waals surface area (Å²) in [4.78, 5) is 28.8. The highest BCUT2D eigenvalue weighted by molar-refractivity contribution is 6.10. The van der Waals surface area contributed by atoms with Crippen molar-refractivity contribution in [3.8, 4) is 0 Å². The molecule has 0 bridgehead atoms. The molecule has 4 aromatic rings. The Morgan fingerprint density at radius 1 is 0.871 bits per heavy atom. The smallest absolute Gasteiger partial charge is 0.323 e. The number of amides is 3. The number of anilines is 4. The molecule has 0 aliphatic heterocycles. The van der Waals surface area contributed by atoms with E-state index in [4.69, 9.17) is 5.73 Å². The molecule has 0 aliphatic carbocycles. The summed E-state index contributed by atoms with van der Waals surface area (Å²) in [5.74, 6) is -0.114. The molecule has 5 N–H and O–H groups in total. The van der Waals surface area contributed by atoms with E-state index in [2.05, 4.69) is 26.0 Å². The summed E-state index contributed by atoms with van der Waals surface area (Å²) in [6.45, 7) is 3.95. The molecule has 9 heteroatoms. The SMILES string of the molecule is Cc1cc(C)cc(NC(=O)Nc2ccc(NC(=O)c3ccn4ncnc(N)c34)cc2)c1. The van der Waals surface area contributed by atoms with Gasteiger partial charge in [0.25, 0.3) is 5.91 Å². The van der Waals surface area contributed by atoms with Gasteiger partial charge >= 0.3 is 6.03 Å². The van der Waals surface area contributed by atoms with E-state index in [1.807, 2.05) is 32.0 Å². The van der Waals surface area contributed by atoms with Crippen LogP contribution in [0.4, 0.5) is 27.7 Å². The van der Waals surface area contributed by atoms with Crippen molar-refractivity contribution in [1.29, 1.82) is 0 Å². The van der Waals surface area contributed by atoms with Gasteiger partial charge in [-0.25, -0.2) is 14.3 Å². The second-order valence-corrected chi connectivity index (χ2v) is 7.15. The highest BCUT2D eigenvalue weighted by Gasteiger charge is 2.15. The fourth-order valence-electron chi connectivity index (χ4n) is 3.34. The van der Waals surface area contributed by atoms with Crippen molar-refractivity contribution >= 4 is 40.3 Å². The van der Waals surface area contributed by atoms with Gasteiger partial charge in [-0.05, 0) is 67.4 Å². The van der Waals surface area contributed by atoms with Crippen LogP contribution in [0, 0.1) is 13.8 Å². The number of nitrogen functional groups attached to an aromatic ring is 1. The zero-order chi connectivity index (χ0) is 22.0. The number of nitrogens with zero attached hydrogens (tertiary/aromatic N) is 3. The summed E-state index contributed by atoms with van der Waals surface area (Å²) in [6.07, 6.45) is 2.97. The maximum Gasteiger partial charge on any atom is 0.323 e. The number of carbonyl (C=O) groups excluding carboxylic acids is 2. The van der Waals surface area contributed by atoms with Crippen LogP contribution in [-0.4, -0.2) is 26.5 Å². The molecular formula is C22H21N7O2. The molecule has 0 unspecified atom stereocenters. The lowest BCUT2D eigenvalue weighted by Gasteiger charge is -2.10. The predicted molar refractivity (Wildman–Crippen MR) is 120 cm³/mol. The maximum absolute atomic E-state index is 12.6. The molecule has 2 aromatic heterocycles. The second kappa shape index (κ2) is 8.15. The summed E-state index contributed by atoms with van der Waals surface area (Å²) in [6, 6.07) is 13.9. The lowest BCUT2D eigenvalue weighted by molar-refractivity contribution is 0.102. The van der Waals surface area contributed by atoms with Gasteiger partial charge in [-0.3, -0.25) is 4.79 Å². The van der Waals surface area contributed by atoms with Crippen molar-refractivity contribution in [2.45, 2.75) is 13.8 Å². The molecule has 0 saturated heterocycles. The number of aromatic nitrogens is 3. The lowest BCUT2D eigenvalue weighted by atomic mass is 10.1. The number of hydrogen-bond acceptors (Lipinski definition) is 5. The minimum atomic E-state index is -0.349. The molecule has 0 saturated carbocycles. The van der Waals surface area contributed by atoms with Gasteiger partial charge in [0.1, 0.15) is 11.8 Å². The number of carbonyl (C=O) groups is 2. The minimum absolute atomic E-state index is 0.222. The van der Waals surface area contributed by atoms with Crippen molar-refractivity contribution in [1.82, 2.24) is 14.6 Å². The number of nitrogens with one attached hydrogen (secondary N) is 3. The van der Waals surface area contributed by atoms with Crippen molar-refractivity contribution in [3.05, 3.63) is 77.7 Å². The fourth-order valence-corrected chi connectivity index (χ4v) is 3.34. The highest BCUT2D eigenvalue weighted by Crippen LogP contribution is 2.20. The van der Waals surface area contributed by atoms with Crippen LogP contribution in [-0.2, 0) is 0 Å². The van der Waals surface area contributed by atoms with Gasteiger partial charge in [-0.1, -0.05) is 6.07 Å². The van der Waals surface area contributed by atoms with E-state index in [-0.39, 0.29) is 17.8 Å². The number of hydrogen-bond donors (Lipinski definition) is 4. The molecule has 2 aromatic carbocycles. The van der Waals surface area contributed by atoms with Crippen LogP contribution >= 0.6 is 0 Å². The zero-order valence-electron chi connectivity index (χ0n) is 17.0. The molecule has 31 heavy (non-hydrogen) atoms. The molecule has 0 spiro atoms. The van der Waals surface area contributed by atoms with E-state index in [0.717, 1.165) is 16.8 Å². The maximum atomic E-state index is 12.6. The first kappa shape index (κ1) is 19.9. The largest absolute Gasteiger partial charge is 0.382 e. The van der Waals surface area contributed by atoms with Crippen LogP contribution in [0.15, 0.2) is 61.1 Å². The Morgan fingerprint density at radius 3 is 2.16 bits per heavy atom. The Hall–Kier alpha value is -4.40. The number of aryl methyl sites for hydroxylation is 2. The Kier molecular flexibility index (Phi) is 5.23. The van der Waals surface area contributed by atoms with Crippen molar-refractivity contribution in [2.24, 2.45) is 0 Å². The summed E-state index contributed by atoms with van der Waals surface area (Å²) in [5, 5.41) is 12.4. The standard InChI is InChI=1S/C22H21N7O2/c1-13-9-14(2)11-17(10-13)28-22(31)27-16-5-3-15(4-6-16)26-21(30)18-7-8-29-19(18)20(23)24-12-25-29/h3-12H,1-2H3,(H,26,30)(H2,23,24,25)(H2,27,28,31). The molecule has 0 fully saturated rings. The van der Waals surface area contributed by atoms with E-state index in [9.17, 15) is 9.59 Å². The minimum Gasteiger partial charge on any atom is -0.382 e. The molecule has 4 rings (SSSR count). The van der Waals surface area contributed by atoms with E-state index < -0.39 is 0 Å². The Labute approximate surface area is 178 Å². The van der Waals surface area contributed by atoms with Crippen molar-refractivity contribution in [2.75, 3.05) is 21.7 Å². The van der Waals surface area contributed by atoms with Crippen LogP contribution in [0.25, 0.3) is 5.52 Å². The van der Waals surface area contributed by atoms with Gasteiger partial charge in [-0.2, -0.15) is 5.10 Å². The normalized spacial score (nSPS) is 10.6. The van der Waals surface area contributed by atoms with Crippen LogP contribution < -0.4 is 21.7 Å². The third kappa shape index (κ3) is 4.45. The number of urea groups is 1. The average Bonchev–Trinajstić information content (AvgIpc) is 3.14. The molecule has 156 valence electrons. The molecular weight excluding hydrogens is 394 g/mol. The zero-order valence-corrected chi connectivity index (χ0v) is 17.0. The van der Waals surface area contributed by atoms with Gasteiger partial charge in [0.15, 0.2) is 5.82 Å². The third-order valence-corrected chi connectivity index (χ3v) is 4.61. The Morgan fingerprint density at radius 2 is 1.48 bits per heavy atom. The molecule has 2 heterocycles. The highest BCUT2D eigenvalue weighted by atomic mass is 16.2. The van der Waals surface area contributed by atoms with Crippen LogP contribution in [0.1, 0.15) is 21.5 Å². The monoisotopic (exact) mass is 415 g/mol.